The maximum atomic E-state index is 13.4. The Hall–Kier alpha value is -3.82. The minimum atomic E-state index is -0.292. The summed E-state index contributed by atoms with van der Waals surface area (Å²) < 4.78 is 16.2. The summed E-state index contributed by atoms with van der Waals surface area (Å²) in [4.78, 5) is 23.9. The number of nitrogens with zero attached hydrogens (tertiary/aromatic N) is 6. The van der Waals surface area contributed by atoms with E-state index in [0.717, 1.165) is 28.1 Å². The van der Waals surface area contributed by atoms with Gasteiger partial charge in [-0.3, -0.25) is 9.78 Å². The Morgan fingerprint density at radius 2 is 1.76 bits per heavy atom. The number of rotatable bonds is 5. The minimum Gasteiger partial charge on any atom is -0.361 e. The summed E-state index contributed by atoms with van der Waals surface area (Å²) in [6, 6.07) is 3.71. The van der Waals surface area contributed by atoms with Crippen LogP contribution in [0, 0.1) is 20.8 Å². The first-order chi connectivity index (χ1) is 16.4. The maximum absolute atomic E-state index is 13.4. The Morgan fingerprint density at radius 3 is 2.44 bits per heavy atom. The molecule has 0 saturated carbocycles. The number of aryl methyl sites for hydroxylation is 3. The second-order valence-corrected chi connectivity index (χ2v) is 9.06. The van der Waals surface area contributed by atoms with Crippen LogP contribution < -0.4 is 0 Å². The molecule has 1 saturated heterocycles. The number of amides is 1. The molecule has 0 N–H and O–H groups in total. The highest BCUT2D eigenvalue weighted by atomic mass is 16.5. The molecule has 0 radical (unpaired) electrons. The molecule has 1 amide bonds. The lowest BCUT2D eigenvalue weighted by molar-refractivity contribution is 0.0658. The minimum absolute atomic E-state index is 0.134. The first-order valence-electron chi connectivity index (χ1n) is 11.3. The second-order valence-electron chi connectivity index (χ2n) is 9.06. The van der Waals surface area contributed by atoms with E-state index in [0.29, 0.717) is 55.5 Å². The van der Waals surface area contributed by atoms with E-state index >= 15 is 0 Å². The normalized spacial score (nSPS) is 15.6. The summed E-state index contributed by atoms with van der Waals surface area (Å²) in [5.41, 5.74) is 3.36. The van der Waals surface area contributed by atoms with Gasteiger partial charge in [0.2, 0.25) is 0 Å². The SMILES string of the molecule is Cc1noc(C)c1Cc1c(C(=O)N2CCC(C)(c3noc(-c4cccnc4)n3)CC2)noc1C. The molecule has 1 fully saturated rings. The number of hydrogen-bond acceptors (Lipinski definition) is 9. The molecule has 5 rings (SSSR count). The van der Waals surface area contributed by atoms with Crippen LogP contribution in [0.4, 0.5) is 0 Å². The van der Waals surface area contributed by atoms with E-state index in [4.69, 9.17) is 13.6 Å². The smallest absolute Gasteiger partial charge is 0.276 e. The lowest BCUT2D eigenvalue weighted by Gasteiger charge is -2.37. The highest BCUT2D eigenvalue weighted by molar-refractivity contribution is 5.94. The number of aromatic nitrogens is 5. The van der Waals surface area contributed by atoms with Gasteiger partial charge in [-0.05, 0) is 45.7 Å². The largest absolute Gasteiger partial charge is 0.361 e. The third kappa shape index (κ3) is 3.89. The fraction of sp³-hybridized carbons (Fsp3) is 0.417. The number of pyridine rings is 1. The van der Waals surface area contributed by atoms with E-state index in [2.05, 4.69) is 32.4 Å². The van der Waals surface area contributed by atoms with Gasteiger partial charge in [0.05, 0.1) is 11.3 Å². The van der Waals surface area contributed by atoms with Crippen LogP contribution in [-0.4, -0.2) is 49.3 Å². The van der Waals surface area contributed by atoms with Gasteiger partial charge in [0, 0.05) is 48.4 Å². The van der Waals surface area contributed by atoms with Crippen LogP contribution in [0.5, 0.6) is 0 Å². The zero-order valence-electron chi connectivity index (χ0n) is 19.7. The van der Waals surface area contributed by atoms with E-state index in [9.17, 15) is 4.79 Å². The van der Waals surface area contributed by atoms with Crippen molar-refractivity contribution in [3.63, 3.8) is 0 Å². The summed E-state index contributed by atoms with van der Waals surface area (Å²) in [6.07, 6.45) is 5.30. The highest BCUT2D eigenvalue weighted by Crippen LogP contribution is 2.35. The van der Waals surface area contributed by atoms with Crippen molar-refractivity contribution in [1.82, 2.24) is 30.3 Å². The Labute approximate surface area is 196 Å². The van der Waals surface area contributed by atoms with Gasteiger partial charge in [-0.1, -0.05) is 22.4 Å². The van der Waals surface area contributed by atoms with Crippen LogP contribution in [0.3, 0.4) is 0 Å². The van der Waals surface area contributed by atoms with Crippen LogP contribution in [0.15, 0.2) is 38.1 Å². The Bertz CT molecular complexity index is 1290. The lowest BCUT2D eigenvalue weighted by Crippen LogP contribution is -2.44. The van der Waals surface area contributed by atoms with Gasteiger partial charge in [0.15, 0.2) is 11.5 Å². The molecule has 10 nitrogen and oxygen atoms in total. The van der Waals surface area contributed by atoms with E-state index in [1.165, 1.54) is 0 Å². The van der Waals surface area contributed by atoms with Gasteiger partial charge < -0.3 is 18.5 Å². The maximum Gasteiger partial charge on any atom is 0.276 e. The summed E-state index contributed by atoms with van der Waals surface area (Å²) in [7, 11) is 0. The van der Waals surface area contributed by atoms with Gasteiger partial charge in [0.1, 0.15) is 11.5 Å². The number of hydrogen-bond donors (Lipinski definition) is 0. The molecule has 34 heavy (non-hydrogen) atoms. The summed E-state index contributed by atoms with van der Waals surface area (Å²) in [6.45, 7) is 8.80. The van der Waals surface area contributed by atoms with Gasteiger partial charge >= 0.3 is 0 Å². The third-order valence-electron chi connectivity index (χ3n) is 6.75. The molecule has 0 spiro atoms. The zero-order chi connectivity index (χ0) is 23.9. The predicted molar refractivity (Wildman–Crippen MR) is 120 cm³/mol. The average molecular weight is 463 g/mol. The molecule has 4 aromatic heterocycles. The molecule has 0 unspecified atom stereocenters. The Kier molecular flexibility index (Phi) is 5.51. The first-order valence-corrected chi connectivity index (χ1v) is 11.3. The fourth-order valence-corrected chi connectivity index (χ4v) is 4.35. The molecular weight excluding hydrogens is 436 g/mol. The van der Waals surface area contributed by atoms with Crippen LogP contribution in [0.1, 0.15) is 64.4 Å². The molecule has 4 aromatic rings. The molecule has 0 aliphatic carbocycles. The van der Waals surface area contributed by atoms with Crippen LogP contribution in [0.25, 0.3) is 11.5 Å². The van der Waals surface area contributed by atoms with Crippen LogP contribution >= 0.6 is 0 Å². The van der Waals surface area contributed by atoms with E-state index in [1.807, 2.05) is 37.8 Å². The first kappa shape index (κ1) is 22.0. The zero-order valence-corrected chi connectivity index (χ0v) is 19.7. The number of carbonyl (C=O) groups excluding carboxylic acids is 1. The van der Waals surface area contributed by atoms with Gasteiger partial charge in [-0.2, -0.15) is 4.98 Å². The van der Waals surface area contributed by atoms with E-state index in [-0.39, 0.29) is 11.3 Å². The Balaban J connectivity index is 1.30. The van der Waals surface area contributed by atoms with Crippen molar-refractivity contribution in [3.8, 4) is 11.5 Å². The van der Waals surface area contributed by atoms with Gasteiger partial charge in [0.25, 0.3) is 11.8 Å². The van der Waals surface area contributed by atoms with Crippen molar-refractivity contribution in [2.75, 3.05) is 13.1 Å². The molecule has 5 heterocycles. The van der Waals surface area contributed by atoms with E-state index in [1.54, 1.807) is 12.4 Å². The van der Waals surface area contributed by atoms with Gasteiger partial charge in [-0.25, -0.2) is 0 Å². The lowest BCUT2D eigenvalue weighted by atomic mass is 9.79. The standard InChI is InChI=1S/C24H26N6O4/c1-14-18(15(2)32-27-14)12-19-16(3)33-28-20(19)22(31)30-10-7-24(4,8-11-30)23-26-21(34-29-23)17-6-5-9-25-13-17/h5-6,9,13H,7-8,10-12H2,1-4H3. The average Bonchev–Trinajstić information content (AvgIpc) is 3.56. The topological polar surface area (TPSA) is 124 Å². The molecule has 1 aliphatic heterocycles. The summed E-state index contributed by atoms with van der Waals surface area (Å²) in [5, 5.41) is 12.3. The van der Waals surface area contributed by atoms with Crippen molar-refractivity contribution in [2.45, 2.75) is 52.4 Å². The van der Waals surface area contributed by atoms with Crippen LogP contribution in [0.2, 0.25) is 0 Å². The number of carbonyl (C=O) groups is 1. The van der Waals surface area contributed by atoms with Crippen molar-refractivity contribution in [1.29, 1.82) is 0 Å². The fourth-order valence-electron chi connectivity index (χ4n) is 4.35. The molecular formula is C24H26N6O4. The monoisotopic (exact) mass is 462 g/mol. The summed E-state index contributed by atoms with van der Waals surface area (Å²) >= 11 is 0. The molecule has 0 atom stereocenters. The van der Waals surface area contributed by atoms with Crippen molar-refractivity contribution < 1.29 is 18.4 Å². The molecule has 10 heteroatoms. The third-order valence-corrected chi connectivity index (χ3v) is 6.75. The van der Waals surface area contributed by atoms with E-state index < -0.39 is 0 Å². The quantitative estimate of drug-likeness (QED) is 0.435. The number of likely N-dealkylation sites (tertiary alicyclic amines) is 1. The predicted octanol–water partition coefficient (Wildman–Crippen LogP) is 3.82. The number of piperidine rings is 1. The highest BCUT2D eigenvalue weighted by Gasteiger charge is 2.38. The van der Waals surface area contributed by atoms with Crippen molar-refractivity contribution in [3.05, 3.63) is 64.4 Å². The van der Waals surface area contributed by atoms with Gasteiger partial charge in [-0.15, -0.1) is 0 Å². The molecule has 0 bridgehead atoms. The van der Waals surface area contributed by atoms with Crippen molar-refractivity contribution in [2.24, 2.45) is 0 Å². The summed E-state index contributed by atoms with van der Waals surface area (Å²) in [5.74, 6) is 2.32. The second kappa shape index (κ2) is 8.51. The Morgan fingerprint density at radius 1 is 1.03 bits per heavy atom. The van der Waals surface area contributed by atoms with Crippen LogP contribution in [-0.2, 0) is 11.8 Å². The molecule has 0 aromatic carbocycles. The van der Waals surface area contributed by atoms with Crippen molar-refractivity contribution >= 4 is 5.91 Å². The molecule has 1 aliphatic rings. The molecule has 176 valence electrons.